The monoisotopic (exact) mass is 698 g/mol. The number of amidine groups is 1. The minimum Gasteiger partial charge on any atom is -0.487 e. The first-order valence-electron chi connectivity index (χ1n) is 10.6. The van der Waals surface area contributed by atoms with Crippen molar-refractivity contribution in [3.05, 3.63) is 95.2 Å². The van der Waals surface area contributed by atoms with Crippen LogP contribution in [0.1, 0.15) is 23.6 Å². The molecule has 0 aromatic heterocycles. The van der Waals surface area contributed by atoms with E-state index in [4.69, 9.17) is 4.74 Å². The van der Waals surface area contributed by atoms with Crippen LogP contribution in [-0.2, 0) is 11.4 Å². The second-order valence-electron chi connectivity index (χ2n) is 7.62. The third-order valence-electron chi connectivity index (χ3n) is 5.08. The average molecular weight is 698 g/mol. The maximum absolute atomic E-state index is 13.2. The van der Waals surface area contributed by atoms with Gasteiger partial charge in [-0.05, 0) is 124 Å². The minimum absolute atomic E-state index is 0.0851. The van der Waals surface area contributed by atoms with Crippen LogP contribution in [0, 0.1) is 19.9 Å². The van der Waals surface area contributed by atoms with Crippen molar-refractivity contribution < 1.29 is 13.9 Å². The molecule has 174 valence electrons. The van der Waals surface area contributed by atoms with Gasteiger partial charge in [-0.3, -0.25) is 9.69 Å². The number of nitrogens with zero attached hydrogens (tertiary/aromatic N) is 2. The lowest BCUT2D eigenvalue weighted by Gasteiger charge is -2.12. The Morgan fingerprint density at radius 2 is 1.71 bits per heavy atom. The van der Waals surface area contributed by atoms with Gasteiger partial charge in [0.15, 0.2) is 5.17 Å². The van der Waals surface area contributed by atoms with Crippen LogP contribution in [0.5, 0.6) is 5.75 Å². The Morgan fingerprint density at radius 1 is 1.06 bits per heavy atom. The van der Waals surface area contributed by atoms with E-state index in [1.165, 1.54) is 29.5 Å². The highest BCUT2D eigenvalue weighted by atomic mass is 127. The van der Waals surface area contributed by atoms with Crippen molar-refractivity contribution in [2.75, 3.05) is 6.54 Å². The van der Waals surface area contributed by atoms with Gasteiger partial charge < -0.3 is 4.74 Å². The van der Waals surface area contributed by atoms with Crippen molar-refractivity contribution in [1.29, 1.82) is 0 Å². The third kappa shape index (κ3) is 6.01. The zero-order valence-electron chi connectivity index (χ0n) is 18.5. The Kier molecular flexibility index (Phi) is 8.30. The maximum atomic E-state index is 13.2. The van der Waals surface area contributed by atoms with Gasteiger partial charge in [-0.2, -0.15) is 0 Å². The summed E-state index contributed by atoms with van der Waals surface area (Å²) in [5.74, 6) is 0.434. The molecule has 1 aliphatic rings. The van der Waals surface area contributed by atoms with Gasteiger partial charge in [0.05, 0.1) is 17.7 Å². The molecule has 0 radical (unpaired) electrons. The van der Waals surface area contributed by atoms with Crippen molar-refractivity contribution in [3.8, 4) is 5.75 Å². The molecule has 0 N–H and O–H groups in total. The average Bonchev–Trinajstić information content (AvgIpc) is 3.09. The molecule has 0 bridgehead atoms. The Balaban J connectivity index is 1.55. The number of ether oxygens (including phenoxy) is 1. The normalized spacial score (nSPS) is 16.0. The molecule has 1 fully saturated rings. The first-order valence-corrected chi connectivity index (χ1v) is 13.5. The first kappa shape index (κ1) is 25.2. The molecule has 1 aliphatic heterocycles. The van der Waals surface area contributed by atoms with E-state index in [1.54, 1.807) is 17.0 Å². The Hall–Kier alpha value is -1.92. The molecule has 0 saturated carbocycles. The molecular weight excluding hydrogens is 677 g/mol. The van der Waals surface area contributed by atoms with Gasteiger partial charge in [0.2, 0.25) is 0 Å². The molecule has 34 heavy (non-hydrogen) atoms. The molecule has 4 rings (SSSR count). The number of halogens is 3. The van der Waals surface area contributed by atoms with E-state index in [0.29, 0.717) is 28.9 Å². The second-order valence-corrected chi connectivity index (χ2v) is 11.0. The molecule has 0 aliphatic carbocycles. The summed E-state index contributed by atoms with van der Waals surface area (Å²) < 4.78 is 21.3. The van der Waals surface area contributed by atoms with E-state index >= 15 is 0 Å². The predicted molar refractivity (Wildman–Crippen MR) is 154 cm³/mol. The number of aryl methyl sites for hydroxylation is 1. The molecule has 1 amide bonds. The fraction of sp³-hybridized carbons (Fsp3) is 0.154. The number of benzene rings is 3. The summed E-state index contributed by atoms with van der Waals surface area (Å²) >= 11 is 5.87. The molecule has 1 saturated heterocycles. The van der Waals surface area contributed by atoms with Crippen LogP contribution < -0.4 is 4.74 Å². The van der Waals surface area contributed by atoms with E-state index in [-0.39, 0.29) is 11.7 Å². The van der Waals surface area contributed by atoms with Crippen molar-refractivity contribution in [3.63, 3.8) is 0 Å². The minimum atomic E-state index is -0.317. The summed E-state index contributed by atoms with van der Waals surface area (Å²) in [6.45, 7) is 4.97. The molecule has 1 heterocycles. The quantitative estimate of drug-likeness (QED) is 0.198. The topological polar surface area (TPSA) is 41.9 Å². The van der Waals surface area contributed by atoms with E-state index in [2.05, 4.69) is 81.4 Å². The largest absolute Gasteiger partial charge is 0.487 e. The van der Waals surface area contributed by atoms with Crippen LogP contribution in [0.15, 0.2) is 70.6 Å². The van der Waals surface area contributed by atoms with Crippen molar-refractivity contribution >= 4 is 79.8 Å². The Labute approximate surface area is 230 Å². The molecule has 8 heteroatoms. The predicted octanol–water partition coefficient (Wildman–Crippen LogP) is 7.55. The van der Waals surface area contributed by atoms with Gasteiger partial charge in [0.25, 0.3) is 5.91 Å². The van der Waals surface area contributed by atoms with E-state index < -0.39 is 0 Å². The SMILES string of the molecule is CCN1C(=O)/C(=C\c2cc(I)c(OCc3ccc(C)cc3)c(I)c2)SC1=Nc1ccc(F)cc1. The maximum Gasteiger partial charge on any atom is 0.266 e. The highest BCUT2D eigenvalue weighted by molar-refractivity contribution is 14.1. The summed E-state index contributed by atoms with van der Waals surface area (Å²) in [6, 6.07) is 18.2. The van der Waals surface area contributed by atoms with Crippen LogP contribution in [-0.4, -0.2) is 22.5 Å². The summed E-state index contributed by atoms with van der Waals surface area (Å²) in [4.78, 5) is 19.8. The number of carbonyl (C=O) groups is 1. The fourth-order valence-electron chi connectivity index (χ4n) is 3.29. The fourth-order valence-corrected chi connectivity index (χ4v) is 6.48. The number of hydrogen-bond donors (Lipinski definition) is 0. The van der Waals surface area contributed by atoms with Crippen LogP contribution in [0.4, 0.5) is 10.1 Å². The Bertz CT molecular complexity index is 1250. The van der Waals surface area contributed by atoms with Crippen LogP contribution in [0.3, 0.4) is 0 Å². The zero-order valence-corrected chi connectivity index (χ0v) is 23.6. The molecule has 3 aromatic rings. The number of aliphatic imine (C=N–C) groups is 1. The number of thioether (sulfide) groups is 1. The lowest BCUT2D eigenvalue weighted by atomic mass is 10.1. The van der Waals surface area contributed by atoms with E-state index in [9.17, 15) is 9.18 Å². The van der Waals surface area contributed by atoms with Gasteiger partial charge in [-0.1, -0.05) is 29.8 Å². The van der Waals surface area contributed by atoms with Crippen LogP contribution in [0.25, 0.3) is 6.08 Å². The standard InChI is InChI=1S/C26H21FI2N2O2S/c1-3-31-25(32)23(34-26(31)30-20-10-8-19(27)9-11-20)14-18-12-21(28)24(22(29)13-18)33-15-17-6-4-16(2)5-7-17/h4-14H,3,15H2,1-2H3/b23-14+,30-26?. The summed E-state index contributed by atoms with van der Waals surface area (Å²) in [6.07, 6.45) is 1.89. The van der Waals surface area contributed by atoms with Crippen molar-refractivity contribution in [2.24, 2.45) is 4.99 Å². The summed E-state index contributed by atoms with van der Waals surface area (Å²) in [5.41, 5.74) is 3.86. The lowest BCUT2D eigenvalue weighted by molar-refractivity contribution is -0.122. The second kappa shape index (κ2) is 11.2. The van der Waals surface area contributed by atoms with Crippen LogP contribution in [0.2, 0.25) is 0 Å². The number of hydrogen-bond acceptors (Lipinski definition) is 4. The van der Waals surface area contributed by atoms with Crippen molar-refractivity contribution in [1.82, 2.24) is 4.90 Å². The number of amides is 1. The van der Waals surface area contributed by atoms with Crippen LogP contribution >= 0.6 is 56.9 Å². The van der Waals surface area contributed by atoms with Crippen molar-refractivity contribution in [2.45, 2.75) is 20.5 Å². The van der Waals surface area contributed by atoms with Gasteiger partial charge in [-0.15, -0.1) is 0 Å². The first-order chi connectivity index (χ1) is 16.3. The van der Waals surface area contributed by atoms with Gasteiger partial charge in [0.1, 0.15) is 18.2 Å². The number of likely N-dealkylation sites (N-methyl/N-ethyl adjacent to an activating group) is 1. The highest BCUT2D eigenvalue weighted by Gasteiger charge is 2.32. The van der Waals surface area contributed by atoms with Gasteiger partial charge in [-0.25, -0.2) is 9.38 Å². The summed E-state index contributed by atoms with van der Waals surface area (Å²) in [5, 5.41) is 0.591. The molecule has 0 atom stereocenters. The molecule has 0 unspecified atom stereocenters. The molecule has 4 nitrogen and oxygen atoms in total. The summed E-state index contributed by atoms with van der Waals surface area (Å²) in [7, 11) is 0. The van der Waals surface area contributed by atoms with E-state index in [0.717, 1.165) is 24.0 Å². The molecule has 3 aromatic carbocycles. The lowest BCUT2D eigenvalue weighted by Crippen LogP contribution is -2.28. The smallest absolute Gasteiger partial charge is 0.266 e. The zero-order chi connectivity index (χ0) is 24.2. The molecule has 0 spiro atoms. The highest BCUT2D eigenvalue weighted by Crippen LogP contribution is 2.36. The number of carbonyl (C=O) groups excluding carboxylic acids is 1. The number of rotatable bonds is 6. The van der Waals surface area contributed by atoms with E-state index in [1.807, 2.05) is 25.1 Å². The Morgan fingerprint density at radius 3 is 2.32 bits per heavy atom. The van der Waals surface area contributed by atoms with Gasteiger partial charge >= 0.3 is 0 Å². The molecular formula is C26H21FI2N2O2S. The van der Waals surface area contributed by atoms with Gasteiger partial charge in [0, 0.05) is 6.54 Å². The third-order valence-corrected chi connectivity index (χ3v) is 7.69.